The Hall–Kier alpha value is -3.28. The fourth-order valence-corrected chi connectivity index (χ4v) is 3.87. The van der Waals surface area contributed by atoms with Crippen LogP contribution in [0.25, 0.3) is 0 Å². The summed E-state index contributed by atoms with van der Waals surface area (Å²) in [7, 11) is 4.94. The highest BCUT2D eigenvalue weighted by Gasteiger charge is 2.42. The number of nitrogens with zero attached hydrogens (tertiary/aromatic N) is 2. The van der Waals surface area contributed by atoms with Gasteiger partial charge in [0.15, 0.2) is 5.78 Å². The Morgan fingerprint density at radius 1 is 1.11 bits per heavy atom. The monoisotopic (exact) mass is 377 g/mol. The van der Waals surface area contributed by atoms with Crippen molar-refractivity contribution < 1.29 is 14.3 Å². The van der Waals surface area contributed by atoms with Crippen molar-refractivity contribution in [2.24, 2.45) is 4.99 Å². The van der Waals surface area contributed by atoms with Crippen LogP contribution in [0.2, 0.25) is 0 Å². The third kappa shape index (κ3) is 2.81. The summed E-state index contributed by atoms with van der Waals surface area (Å²) >= 11 is 0. The van der Waals surface area contributed by atoms with Gasteiger partial charge in [0.25, 0.3) is 0 Å². The van der Waals surface area contributed by atoms with Gasteiger partial charge in [0.1, 0.15) is 17.3 Å². The van der Waals surface area contributed by atoms with Crippen LogP contribution in [0.5, 0.6) is 11.5 Å². The van der Waals surface area contributed by atoms with E-state index in [0.29, 0.717) is 29.3 Å². The summed E-state index contributed by atoms with van der Waals surface area (Å²) in [5.74, 6) is 2.04. The standard InChI is InChI=1S/C22H23N3O3/c1-13-21(26)20(19-9-14-7-5-6-8-18(14)24-19)22(23-2)25(13)15-10-16(27-3)12-17(11-15)28-4/h5-8,10-13,24H,9H2,1-4H3. The molecule has 0 amide bonds. The minimum Gasteiger partial charge on any atom is -0.497 e. The average molecular weight is 377 g/mol. The maximum atomic E-state index is 13.2. The molecule has 6 nitrogen and oxygen atoms in total. The van der Waals surface area contributed by atoms with Crippen LogP contribution < -0.4 is 19.7 Å². The second-order valence-corrected chi connectivity index (χ2v) is 6.84. The molecule has 2 heterocycles. The molecule has 1 fully saturated rings. The molecule has 2 aliphatic heterocycles. The number of aliphatic imine (C=N–C) groups is 1. The van der Waals surface area contributed by atoms with E-state index >= 15 is 0 Å². The minimum absolute atomic E-state index is 0.0534. The van der Waals surface area contributed by atoms with Crippen molar-refractivity contribution in [1.82, 2.24) is 0 Å². The van der Waals surface area contributed by atoms with E-state index in [9.17, 15) is 4.79 Å². The van der Waals surface area contributed by atoms with Gasteiger partial charge in [-0.1, -0.05) is 18.2 Å². The number of rotatable bonds is 3. The lowest BCUT2D eigenvalue weighted by Gasteiger charge is -2.24. The maximum Gasteiger partial charge on any atom is 0.190 e. The van der Waals surface area contributed by atoms with Crippen LogP contribution in [-0.4, -0.2) is 38.9 Å². The molecular formula is C22H23N3O3. The molecule has 2 aromatic carbocycles. The summed E-state index contributed by atoms with van der Waals surface area (Å²) < 4.78 is 10.8. The zero-order chi connectivity index (χ0) is 19.8. The second-order valence-electron chi connectivity index (χ2n) is 6.84. The first-order chi connectivity index (χ1) is 13.6. The second kappa shape index (κ2) is 7.03. The summed E-state index contributed by atoms with van der Waals surface area (Å²) in [4.78, 5) is 19.7. The van der Waals surface area contributed by atoms with Crippen molar-refractivity contribution in [3.8, 4) is 11.5 Å². The van der Waals surface area contributed by atoms with Crippen LogP contribution in [0.3, 0.4) is 0 Å². The zero-order valence-electron chi connectivity index (χ0n) is 16.4. The van der Waals surface area contributed by atoms with Crippen LogP contribution in [0.15, 0.2) is 58.7 Å². The van der Waals surface area contributed by atoms with E-state index in [1.165, 1.54) is 5.56 Å². The molecule has 6 heteroatoms. The predicted octanol–water partition coefficient (Wildman–Crippen LogP) is 3.43. The first kappa shape index (κ1) is 18.1. The molecule has 0 radical (unpaired) electrons. The van der Waals surface area contributed by atoms with Crippen molar-refractivity contribution in [2.75, 3.05) is 31.5 Å². The number of ketones is 1. The third-order valence-corrected chi connectivity index (χ3v) is 5.26. The number of hydrogen-bond donors (Lipinski definition) is 1. The average Bonchev–Trinajstić information content (AvgIpc) is 3.25. The number of para-hydroxylation sites is 1. The molecule has 1 unspecified atom stereocenters. The summed E-state index contributed by atoms with van der Waals surface area (Å²) in [5, 5.41) is 3.41. The van der Waals surface area contributed by atoms with Gasteiger partial charge in [-0.15, -0.1) is 0 Å². The van der Waals surface area contributed by atoms with Gasteiger partial charge in [0.2, 0.25) is 0 Å². The highest BCUT2D eigenvalue weighted by atomic mass is 16.5. The molecule has 0 aliphatic carbocycles. The topological polar surface area (TPSA) is 63.2 Å². The van der Waals surface area contributed by atoms with Crippen LogP contribution in [0.1, 0.15) is 12.5 Å². The van der Waals surface area contributed by atoms with Crippen LogP contribution in [0.4, 0.5) is 11.4 Å². The van der Waals surface area contributed by atoms with Crippen molar-refractivity contribution in [2.45, 2.75) is 19.4 Å². The summed E-state index contributed by atoms with van der Waals surface area (Å²) in [5.41, 5.74) is 4.58. The Balaban J connectivity index is 1.80. The number of allylic oxidation sites excluding steroid dienone is 1. The Kier molecular flexibility index (Phi) is 4.55. The Morgan fingerprint density at radius 3 is 2.39 bits per heavy atom. The molecule has 0 bridgehead atoms. The number of Topliss-reactive ketones (excluding diaryl/α,β-unsaturated/α-hetero) is 1. The molecule has 0 spiro atoms. The molecule has 144 valence electrons. The molecule has 1 atom stereocenters. The van der Waals surface area contributed by atoms with E-state index in [0.717, 1.165) is 17.1 Å². The lowest BCUT2D eigenvalue weighted by molar-refractivity contribution is -0.115. The molecule has 2 aliphatic rings. The normalized spacial score (nSPS) is 22.4. The Morgan fingerprint density at radius 2 is 1.79 bits per heavy atom. The van der Waals surface area contributed by atoms with Crippen molar-refractivity contribution in [3.63, 3.8) is 0 Å². The van der Waals surface area contributed by atoms with E-state index in [4.69, 9.17) is 9.47 Å². The Labute approximate surface area is 164 Å². The van der Waals surface area contributed by atoms with Crippen LogP contribution in [-0.2, 0) is 11.2 Å². The van der Waals surface area contributed by atoms with Gasteiger partial charge in [0, 0.05) is 43.1 Å². The molecule has 2 aromatic rings. The first-order valence-electron chi connectivity index (χ1n) is 9.19. The number of fused-ring (bicyclic) bond motifs is 1. The van der Waals surface area contributed by atoms with E-state index < -0.39 is 0 Å². The van der Waals surface area contributed by atoms with Gasteiger partial charge in [-0.05, 0) is 18.6 Å². The van der Waals surface area contributed by atoms with Gasteiger partial charge in [0.05, 0.1) is 31.5 Å². The van der Waals surface area contributed by atoms with Gasteiger partial charge < -0.3 is 19.7 Å². The molecule has 1 N–H and O–H groups in total. The number of amidine groups is 1. The van der Waals surface area contributed by atoms with E-state index in [1.807, 2.05) is 48.2 Å². The number of methoxy groups -OCH3 is 2. The summed E-state index contributed by atoms with van der Waals surface area (Å²) in [6, 6.07) is 13.3. The van der Waals surface area contributed by atoms with Gasteiger partial charge >= 0.3 is 0 Å². The van der Waals surface area contributed by atoms with E-state index in [2.05, 4.69) is 16.4 Å². The van der Waals surface area contributed by atoms with Crippen molar-refractivity contribution in [3.05, 3.63) is 59.3 Å². The third-order valence-electron chi connectivity index (χ3n) is 5.26. The molecule has 1 saturated heterocycles. The lowest BCUT2D eigenvalue weighted by Crippen LogP contribution is -2.33. The molecule has 4 rings (SSSR count). The smallest absolute Gasteiger partial charge is 0.190 e. The predicted molar refractivity (Wildman–Crippen MR) is 111 cm³/mol. The number of hydrogen-bond acceptors (Lipinski definition) is 5. The number of carbonyl (C=O) groups is 1. The maximum absolute atomic E-state index is 13.2. The Bertz CT molecular complexity index is 961. The fourth-order valence-electron chi connectivity index (χ4n) is 3.87. The lowest BCUT2D eigenvalue weighted by atomic mass is 10.1. The molecule has 0 saturated carbocycles. The molecule has 0 aromatic heterocycles. The van der Waals surface area contributed by atoms with Crippen LogP contribution >= 0.6 is 0 Å². The fraction of sp³-hybridized carbons (Fsp3) is 0.273. The largest absolute Gasteiger partial charge is 0.497 e. The number of anilines is 2. The van der Waals surface area contributed by atoms with Crippen molar-refractivity contribution in [1.29, 1.82) is 0 Å². The van der Waals surface area contributed by atoms with Crippen molar-refractivity contribution >= 4 is 23.0 Å². The van der Waals surface area contributed by atoms with Gasteiger partial charge in [-0.2, -0.15) is 0 Å². The highest BCUT2D eigenvalue weighted by Crippen LogP contribution is 2.37. The van der Waals surface area contributed by atoms with E-state index in [1.54, 1.807) is 21.3 Å². The van der Waals surface area contributed by atoms with E-state index in [-0.39, 0.29) is 11.8 Å². The number of benzene rings is 2. The first-order valence-corrected chi connectivity index (χ1v) is 9.19. The molecular weight excluding hydrogens is 354 g/mol. The minimum atomic E-state index is -0.372. The van der Waals surface area contributed by atoms with Gasteiger partial charge in [-0.3, -0.25) is 9.79 Å². The summed E-state index contributed by atoms with van der Waals surface area (Å²) in [6.07, 6.45) is 0.693. The number of carbonyl (C=O) groups excluding carboxylic acids is 1. The van der Waals surface area contributed by atoms with Gasteiger partial charge in [-0.25, -0.2) is 0 Å². The highest BCUT2D eigenvalue weighted by molar-refractivity contribution is 6.36. The summed E-state index contributed by atoms with van der Waals surface area (Å²) in [6.45, 7) is 1.90. The number of nitrogens with one attached hydrogen (secondary N) is 1. The van der Waals surface area contributed by atoms with Crippen LogP contribution in [0, 0.1) is 0 Å². The zero-order valence-corrected chi connectivity index (χ0v) is 16.4. The SMILES string of the molecule is CN=C1C(=C2Cc3ccccc3N2)C(=O)C(C)N1c1cc(OC)cc(OC)c1. The quantitative estimate of drug-likeness (QED) is 0.831. The molecule has 28 heavy (non-hydrogen) atoms. The number of ether oxygens (including phenoxy) is 2.